The van der Waals surface area contributed by atoms with Crippen molar-refractivity contribution in [3.05, 3.63) is 84.8 Å². The van der Waals surface area contributed by atoms with Crippen LogP contribution in [-0.2, 0) is 16.6 Å². The van der Waals surface area contributed by atoms with Crippen molar-refractivity contribution in [1.29, 1.82) is 0 Å². The van der Waals surface area contributed by atoms with E-state index in [1.165, 1.54) is 12.3 Å². The van der Waals surface area contributed by atoms with Crippen molar-refractivity contribution >= 4 is 35.6 Å². The SMILES string of the molecule is Cl.Cn1cc(-c2cc(Oc3cc(F)c(NC(=O)C4(C(=O)Nc5ccccc5)CC4)cc3F)ccn2)cn1. The molecule has 1 aliphatic carbocycles. The first-order valence-corrected chi connectivity index (χ1v) is 11.1. The molecule has 8 nitrogen and oxygen atoms in total. The molecule has 2 aromatic carbocycles. The van der Waals surface area contributed by atoms with Gasteiger partial charge in [-0.1, -0.05) is 18.2 Å². The van der Waals surface area contributed by atoms with Gasteiger partial charge >= 0.3 is 0 Å². The van der Waals surface area contributed by atoms with Gasteiger partial charge in [0.1, 0.15) is 11.2 Å². The maximum atomic E-state index is 14.8. The molecule has 1 fully saturated rings. The molecule has 0 bridgehead atoms. The molecule has 2 aromatic heterocycles. The zero-order valence-electron chi connectivity index (χ0n) is 19.6. The molecule has 190 valence electrons. The molecule has 0 radical (unpaired) electrons. The van der Waals surface area contributed by atoms with Crippen molar-refractivity contribution in [3.63, 3.8) is 0 Å². The molecule has 4 aromatic rings. The second kappa shape index (κ2) is 10.4. The fourth-order valence-electron chi connectivity index (χ4n) is 3.71. The lowest BCUT2D eigenvalue weighted by molar-refractivity contribution is -0.131. The molecule has 5 rings (SSSR count). The van der Waals surface area contributed by atoms with Crippen molar-refractivity contribution in [3.8, 4) is 22.8 Å². The lowest BCUT2D eigenvalue weighted by Gasteiger charge is -2.16. The summed E-state index contributed by atoms with van der Waals surface area (Å²) in [5.74, 6) is -3.09. The molecule has 0 unspecified atom stereocenters. The van der Waals surface area contributed by atoms with Gasteiger partial charge in [0.05, 0.1) is 17.6 Å². The van der Waals surface area contributed by atoms with Crippen LogP contribution in [-0.4, -0.2) is 26.6 Å². The second-order valence-electron chi connectivity index (χ2n) is 8.50. The topological polar surface area (TPSA) is 98.1 Å². The quantitative estimate of drug-likeness (QED) is 0.318. The summed E-state index contributed by atoms with van der Waals surface area (Å²) in [6.45, 7) is 0. The van der Waals surface area contributed by atoms with Gasteiger partial charge in [-0.15, -0.1) is 12.4 Å². The van der Waals surface area contributed by atoms with E-state index in [-0.39, 0.29) is 29.6 Å². The average Bonchev–Trinajstić information content (AvgIpc) is 3.58. The number of amides is 2. The third kappa shape index (κ3) is 5.44. The Morgan fingerprint density at radius 2 is 1.73 bits per heavy atom. The van der Waals surface area contributed by atoms with Crippen molar-refractivity contribution in [1.82, 2.24) is 14.8 Å². The zero-order valence-corrected chi connectivity index (χ0v) is 20.4. The number of hydrogen-bond acceptors (Lipinski definition) is 5. The monoisotopic (exact) mass is 525 g/mol. The number of rotatable bonds is 7. The fraction of sp³-hybridized carbons (Fsp3) is 0.154. The molecule has 1 saturated carbocycles. The van der Waals surface area contributed by atoms with E-state index in [2.05, 4.69) is 20.7 Å². The molecular formula is C26H22ClF2N5O3. The molecule has 2 heterocycles. The number of carbonyl (C=O) groups excluding carboxylic acids is 2. The molecule has 2 N–H and O–H groups in total. The normalized spacial score (nSPS) is 13.3. The van der Waals surface area contributed by atoms with Crippen LogP contribution in [0.25, 0.3) is 11.3 Å². The maximum Gasteiger partial charge on any atom is 0.240 e. The van der Waals surface area contributed by atoms with Gasteiger partial charge in [-0.2, -0.15) is 5.10 Å². The van der Waals surface area contributed by atoms with Crippen molar-refractivity contribution in [2.45, 2.75) is 12.8 Å². The summed E-state index contributed by atoms with van der Waals surface area (Å²) in [6.07, 6.45) is 5.48. The maximum absolute atomic E-state index is 14.8. The largest absolute Gasteiger partial charge is 0.454 e. The number of anilines is 2. The highest BCUT2D eigenvalue weighted by atomic mass is 35.5. The minimum absolute atomic E-state index is 0. The predicted molar refractivity (Wildman–Crippen MR) is 135 cm³/mol. The zero-order chi connectivity index (χ0) is 25.3. The van der Waals surface area contributed by atoms with Crippen LogP contribution in [0.3, 0.4) is 0 Å². The number of carbonyl (C=O) groups is 2. The number of halogens is 3. The molecule has 11 heteroatoms. The summed E-state index contributed by atoms with van der Waals surface area (Å²) in [5, 5.41) is 9.13. The van der Waals surface area contributed by atoms with Crippen LogP contribution >= 0.6 is 12.4 Å². The Labute approximate surface area is 217 Å². The number of pyridine rings is 1. The van der Waals surface area contributed by atoms with E-state index in [9.17, 15) is 18.4 Å². The van der Waals surface area contributed by atoms with Gasteiger partial charge in [0.25, 0.3) is 0 Å². The number of hydrogen-bond donors (Lipinski definition) is 2. The van der Waals surface area contributed by atoms with E-state index in [4.69, 9.17) is 4.74 Å². The summed E-state index contributed by atoms with van der Waals surface area (Å²) in [5.41, 5.74) is 0.123. The third-order valence-corrected chi connectivity index (χ3v) is 5.88. The first-order valence-electron chi connectivity index (χ1n) is 11.1. The molecule has 0 spiro atoms. The number of para-hydroxylation sites is 1. The Morgan fingerprint density at radius 1 is 1.00 bits per heavy atom. The van der Waals surface area contributed by atoms with E-state index in [1.54, 1.807) is 60.5 Å². The molecule has 37 heavy (non-hydrogen) atoms. The van der Waals surface area contributed by atoms with E-state index < -0.39 is 28.9 Å². The standard InChI is InChI=1S/C26H21F2N5O3.ClH/c1-33-15-16(14-30-33)21-11-18(7-10-29-21)36-23-13-19(27)22(12-20(23)28)32-25(35)26(8-9-26)24(34)31-17-5-3-2-4-6-17;/h2-7,10-15H,8-9H2,1H3,(H,31,34)(H,32,35);1H. The molecule has 0 saturated heterocycles. The fourth-order valence-corrected chi connectivity index (χ4v) is 3.71. The number of aromatic nitrogens is 3. The van der Waals surface area contributed by atoms with Gasteiger partial charge in [-0.3, -0.25) is 19.3 Å². The van der Waals surface area contributed by atoms with Gasteiger partial charge in [-0.25, -0.2) is 8.78 Å². The van der Waals surface area contributed by atoms with Crippen LogP contribution < -0.4 is 15.4 Å². The molecule has 1 aliphatic rings. The summed E-state index contributed by atoms with van der Waals surface area (Å²) in [7, 11) is 1.77. The number of nitrogens with zero attached hydrogens (tertiary/aromatic N) is 3. The highest BCUT2D eigenvalue weighted by Gasteiger charge is 2.56. The van der Waals surface area contributed by atoms with Gasteiger partial charge in [-0.05, 0) is 31.0 Å². The Balaban J connectivity index is 0.00000320. The van der Waals surface area contributed by atoms with Crippen LogP contribution in [0.15, 0.2) is 73.2 Å². The molecular weight excluding hydrogens is 504 g/mol. The number of ether oxygens (including phenoxy) is 1. The second-order valence-corrected chi connectivity index (χ2v) is 8.50. The minimum Gasteiger partial charge on any atom is -0.454 e. The Hall–Kier alpha value is -4.31. The molecule has 0 aliphatic heterocycles. The van der Waals surface area contributed by atoms with Crippen LogP contribution in [0.1, 0.15) is 12.8 Å². The van der Waals surface area contributed by atoms with Crippen LogP contribution in [0.4, 0.5) is 20.2 Å². The molecule has 0 atom stereocenters. The third-order valence-electron chi connectivity index (χ3n) is 5.88. The van der Waals surface area contributed by atoms with Crippen LogP contribution in [0, 0.1) is 17.0 Å². The summed E-state index contributed by atoms with van der Waals surface area (Å²) in [6, 6.07) is 13.5. The Bertz CT molecular complexity index is 1460. The summed E-state index contributed by atoms with van der Waals surface area (Å²) in [4.78, 5) is 29.8. The van der Waals surface area contributed by atoms with E-state index >= 15 is 0 Å². The summed E-state index contributed by atoms with van der Waals surface area (Å²) < 4.78 is 36.8. The average molecular weight is 526 g/mol. The first-order chi connectivity index (χ1) is 17.3. The van der Waals surface area contributed by atoms with Gasteiger partial charge in [0.2, 0.25) is 11.8 Å². The van der Waals surface area contributed by atoms with E-state index in [0.29, 0.717) is 24.2 Å². The smallest absolute Gasteiger partial charge is 0.240 e. The van der Waals surface area contributed by atoms with Crippen molar-refractivity contribution in [2.75, 3.05) is 10.6 Å². The van der Waals surface area contributed by atoms with Crippen LogP contribution in [0.2, 0.25) is 0 Å². The Kier molecular flexibility index (Phi) is 7.21. The van der Waals surface area contributed by atoms with Crippen molar-refractivity contribution in [2.24, 2.45) is 12.5 Å². The Morgan fingerprint density at radius 3 is 2.41 bits per heavy atom. The van der Waals surface area contributed by atoms with E-state index in [0.717, 1.165) is 17.7 Å². The lowest BCUT2D eigenvalue weighted by atomic mass is 10.0. The highest BCUT2D eigenvalue weighted by Crippen LogP contribution is 2.47. The number of nitrogens with one attached hydrogen (secondary N) is 2. The van der Waals surface area contributed by atoms with Crippen LogP contribution in [0.5, 0.6) is 11.5 Å². The van der Waals surface area contributed by atoms with E-state index in [1.807, 2.05) is 0 Å². The predicted octanol–water partition coefficient (Wildman–Crippen LogP) is 5.33. The minimum atomic E-state index is -1.33. The van der Waals surface area contributed by atoms with Crippen molar-refractivity contribution < 1.29 is 23.1 Å². The van der Waals surface area contributed by atoms with Gasteiger partial charge < -0.3 is 15.4 Å². The summed E-state index contributed by atoms with van der Waals surface area (Å²) >= 11 is 0. The number of aryl methyl sites for hydroxylation is 1. The highest BCUT2D eigenvalue weighted by molar-refractivity contribution is 6.16. The lowest BCUT2D eigenvalue weighted by Crippen LogP contribution is -2.35. The number of benzene rings is 2. The first kappa shape index (κ1) is 25.8. The van der Waals surface area contributed by atoms with Gasteiger partial charge in [0, 0.05) is 48.9 Å². The van der Waals surface area contributed by atoms with Gasteiger partial charge in [0.15, 0.2) is 17.4 Å². The molecule has 2 amide bonds.